The third kappa shape index (κ3) is 8.68. The second-order valence-corrected chi connectivity index (χ2v) is 7.03. The van der Waals surface area contributed by atoms with Crippen LogP contribution in [0, 0.1) is 0 Å². The maximum atomic E-state index is 10.7. The molecule has 0 aromatic carbocycles. The van der Waals surface area contributed by atoms with Crippen LogP contribution in [0.1, 0.15) is 54.4 Å². The van der Waals surface area contributed by atoms with Crippen LogP contribution in [0.5, 0.6) is 0 Å². The van der Waals surface area contributed by atoms with Crippen molar-refractivity contribution in [2.45, 2.75) is 78.2 Å². The monoisotopic (exact) mass is 342 g/mol. The van der Waals surface area contributed by atoms with Crippen molar-refractivity contribution in [3.8, 4) is 0 Å². The van der Waals surface area contributed by atoms with Crippen molar-refractivity contribution in [2.24, 2.45) is 0 Å². The van der Waals surface area contributed by atoms with Crippen molar-refractivity contribution < 1.29 is 28.5 Å². The first kappa shape index (κ1) is 21.0. The van der Waals surface area contributed by atoms with E-state index in [9.17, 15) is 9.59 Å². The first-order valence-electron chi connectivity index (χ1n) is 8.31. The highest BCUT2D eigenvalue weighted by atomic mass is 16.7. The normalized spacial score (nSPS) is 27.8. The van der Waals surface area contributed by atoms with Gasteiger partial charge in [-0.3, -0.25) is 4.79 Å². The first-order valence-corrected chi connectivity index (χ1v) is 8.31. The number of Topliss-reactive ketones (excluding diaryl/α,β-unsaturated/α-hetero) is 1. The predicted octanol–water partition coefficient (Wildman–Crippen LogP) is 2.79. The Kier molecular flexibility index (Phi) is 7.73. The fraction of sp³-hybridized carbons (Fsp3) is 0.778. The molecule has 24 heavy (non-hydrogen) atoms. The molecule has 138 valence electrons. The molecule has 0 radical (unpaired) electrons. The van der Waals surface area contributed by atoms with Gasteiger partial charge in [0.05, 0.1) is 19.3 Å². The van der Waals surface area contributed by atoms with Crippen molar-refractivity contribution in [3.63, 3.8) is 0 Å². The Morgan fingerprint density at radius 2 is 1.58 bits per heavy atom. The Hall–Kier alpha value is -1.08. The van der Waals surface area contributed by atoms with E-state index in [1.165, 1.54) is 13.0 Å². The zero-order chi connectivity index (χ0) is 18.4. The summed E-state index contributed by atoms with van der Waals surface area (Å²) >= 11 is 0. The molecule has 2 fully saturated rings. The standard InChI is InChI=1S/C9H16O3.C9H14O3/c2*1-7(10)4-5-8-6-11-9(2,3)12-8/h8H,4-6H2,1-3H3;4-5,8H,6H2,1-3H3/b;5-4+/t2*8-/m00/s1. The van der Waals surface area contributed by atoms with Crippen molar-refractivity contribution in [1.29, 1.82) is 0 Å². The van der Waals surface area contributed by atoms with Gasteiger partial charge in [-0.05, 0) is 60.1 Å². The molecule has 0 saturated carbocycles. The lowest BCUT2D eigenvalue weighted by atomic mass is 10.1. The Balaban J connectivity index is 0.000000240. The van der Waals surface area contributed by atoms with Gasteiger partial charge in [0.25, 0.3) is 0 Å². The van der Waals surface area contributed by atoms with Gasteiger partial charge in [0.15, 0.2) is 17.4 Å². The van der Waals surface area contributed by atoms with Crippen molar-refractivity contribution >= 4 is 11.6 Å². The van der Waals surface area contributed by atoms with Gasteiger partial charge in [-0.25, -0.2) is 0 Å². The minimum Gasteiger partial charge on any atom is -0.348 e. The Morgan fingerprint density at radius 3 is 2.00 bits per heavy atom. The number of hydrogen-bond acceptors (Lipinski definition) is 6. The summed E-state index contributed by atoms with van der Waals surface area (Å²) in [6.07, 6.45) is 4.63. The van der Waals surface area contributed by atoms with Gasteiger partial charge in [0, 0.05) is 6.42 Å². The van der Waals surface area contributed by atoms with Crippen LogP contribution in [0.4, 0.5) is 0 Å². The van der Waals surface area contributed by atoms with Gasteiger partial charge in [0.2, 0.25) is 0 Å². The van der Waals surface area contributed by atoms with Gasteiger partial charge in [-0.2, -0.15) is 0 Å². The summed E-state index contributed by atoms with van der Waals surface area (Å²) in [6.45, 7) is 11.7. The molecule has 6 heteroatoms. The number of ether oxygens (including phenoxy) is 4. The quantitative estimate of drug-likeness (QED) is 0.716. The van der Waals surface area contributed by atoms with Crippen LogP contribution < -0.4 is 0 Å². The van der Waals surface area contributed by atoms with Crippen LogP contribution in [0.2, 0.25) is 0 Å². The third-order valence-electron chi connectivity index (χ3n) is 3.46. The van der Waals surface area contributed by atoms with Crippen LogP contribution in [0.15, 0.2) is 12.2 Å². The summed E-state index contributed by atoms with van der Waals surface area (Å²) in [5.74, 6) is -0.723. The lowest BCUT2D eigenvalue weighted by Gasteiger charge is -2.16. The predicted molar refractivity (Wildman–Crippen MR) is 89.5 cm³/mol. The molecule has 0 unspecified atom stereocenters. The number of allylic oxidation sites excluding steroid dienone is 1. The molecule has 2 aliphatic rings. The molecular weight excluding hydrogens is 312 g/mol. The van der Waals surface area contributed by atoms with E-state index in [2.05, 4.69) is 0 Å². The number of rotatable bonds is 5. The fourth-order valence-corrected chi connectivity index (χ4v) is 2.32. The van der Waals surface area contributed by atoms with Crippen LogP contribution in [-0.4, -0.2) is 48.6 Å². The van der Waals surface area contributed by atoms with E-state index in [0.717, 1.165) is 6.42 Å². The summed E-state index contributed by atoms with van der Waals surface area (Å²) in [6, 6.07) is 0. The molecule has 0 amide bonds. The van der Waals surface area contributed by atoms with Crippen LogP contribution in [0.25, 0.3) is 0 Å². The smallest absolute Gasteiger partial charge is 0.163 e. The van der Waals surface area contributed by atoms with E-state index in [1.807, 2.05) is 27.7 Å². The fourth-order valence-electron chi connectivity index (χ4n) is 2.32. The molecule has 2 saturated heterocycles. The molecule has 6 nitrogen and oxygen atoms in total. The van der Waals surface area contributed by atoms with Crippen molar-refractivity contribution in [3.05, 3.63) is 12.2 Å². The summed E-state index contributed by atoms with van der Waals surface area (Å²) < 4.78 is 21.6. The Bertz CT molecular complexity index is 466. The van der Waals surface area contributed by atoms with Gasteiger partial charge < -0.3 is 23.7 Å². The van der Waals surface area contributed by atoms with E-state index < -0.39 is 11.6 Å². The van der Waals surface area contributed by atoms with E-state index in [0.29, 0.717) is 19.6 Å². The molecule has 2 rings (SSSR count). The van der Waals surface area contributed by atoms with E-state index in [4.69, 9.17) is 18.9 Å². The summed E-state index contributed by atoms with van der Waals surface area (Å²) in [5.41, 5.74) is 0. The van der Waals surface area contributed by atoms with Gasteiger partial charge in [0.1, 0.15) is 11.9 Å². The zero-order valence-corrected chi connectivity index (χ0v) is 15.6. The van der Waals surface area contributed by atoms with Gasteiger partial charge in [-0.1, -0.05) is 0 Å². The van der Waals surface area contributed by atoms with Gasteiger partial charge in [-0.15, -0.1) is 0 Å². The number of ketones is 2. The molecule has 2 heterocycles. The van der Waals surface area contributed by atoms with Crippen LogP contribution >= 0.6 is 0 Å². The lowest BCUT2D eigenvalue weighted by Crippen LogP contribution is -2.21. The third-order valence-corrected chi connectivity index (χ3v) is 3.46. The van der Waals surface area contributed by atoms with Crippen molar-refractivity contribution in [2.75, 3.05) is 13.2 Å². The first-order chi connectivity index (χ1) is 11.0. The topological polar surface area (TPSA) is 71.1 Å². The second-order valence-electron chi connectivity index (χ2n) is 7.03. The lowest BCUT2D eigenvalue weighted by molar-refractivity contribution is -0.140. The molecule has 0 aromatic heterocycles. The van der Waals surface area contributed by atoms with E-state index in [-0.39, 0.29) is 23.8 Å². The average Bonchev–Trinajstić information content (AvgIpc) is 2.97. The van der Waals surface area contributed by atoms with Crippen LogP contribution in [-0.2, 0) is 28.5 Å². The maximum absolute atomic E-state index is 10.7. The molecule has 0 bridgehead atoms. The minimum absolute atomic E-state index is 0.0308. The Labute approximate surface area is 144 Å². The van der Waals surface area contributed by atoms with E-state index in [1.54, 1.807) is 13.0 Å². The Morgan fingerprint density at radius 1 is 1.00 bits per heavy atom. The molecule has 0 spiro atoms. The molecule has 2 atom stereocenters. The zero-order valence-electron chi connectivity index (χ0n) is 15.6. The minimum atomic E-state index is -0.508. The summed E-state index contributed by atoms with van der Waals surface area (Å²) in [4.78, 5) is 21.2. The highest BCUT2D eigenvalue weighted by Crippen LogP contribution is 2.24. The SMILES string of the molecule is CC(=O)/C=C/[C@H]1COC(C)(C)O1.CC(=O)CC[C@H]1COC(C)(C)O1. The van der Waals surface area contributed by atoms with Crippen LogP contribution in [0.3, 0.4) is 0 Å². The van der Waals surface area contributed by atoms with E-state index >= 15 is 0 Å². The second kappa shape index (κ2) is 8.85. The summed E-state index contributed by atoms with van der Waals surface area (Å²) in [5, 5.41) is 0. The number of carbonyl (C=O) groups is 2. The highest BCUT2D eigenvalue weighted by molar-refractivity contribution is 5.87. The average molecular weight is 342 g/mol. The van der Waals surface area contributed by atoms with Crippen molar-refractivity contribution in [1.82, 2.24) is 0 Å². The molecular formula is C18H30O6. The largest absolute Gasteiger partial charge is 0.348 e. The molecule has 0 aromatic rings. The number of carbonyl (C=O) groups excluding carboxylic acids is 2. The highest BCUT2D eigenvalue weighted by Gasteiger charge is 2.32. The molecule has 2 aliphatic heterocycles. The number of hydrogen-bond donors (Lipinski definition) is 0. The molecule has 0 N–H and O–H groups in total. The summed E-state index contributed by atoms with van der Waals surface area (Å²) in [7, 11) is 0. The molecule has 0 aliphatic carbocycles. The maximum Gasteiger partial charge on any atom is 0.163 e. The van der Waals surface area contributed by atoms with Gasteiger partial charge >= 0.3 is 0 Å².